The zero-order valence-corrected chi connectivity index (χ0v) is 15.0. The zero-order valence-electron chi connectivity index (χ0n) is 15.0. The van der Waals surface area contributed by atoms with Crippen molar-refractivity contribution < 1.29 is 19.4 Å². The van der Waals surface area contributed by atoms with Gasteiger partial charge in [-0.15, -0.1) is 0 Å². The van der Waals surface area contributed by atoms with E-state index in [4.69, 9.17) is 9.47 Å². The first-order chi connectivity index (χ1) is 12.5. The van der Waals surface area contributed by atoms with E-state index < -0.39 is 5.79 Å². The molecule has 0 spiro atoms. The maximum Gasteiger partial charge on any atom is 0.198 e. The zero-order chi connectivity index (χ0) is 18.3. The smallest absolute Gasteiger partial charge is 0.198 e. The molecule has 2 saturated heterocycles. The lowest BCUT2D eigenvalue weighted by Crippen LogP contribution is -2.39. The lowest BCUT2D eigenvalue weighted by molar-refractivity contribution is -0.229. The molecule has 0 bridgehead atoms. The summed E-state index contributed by atoms with van der Waals surface area (Å²) in [6.45, 7) is 3.91. The molecule has 26 heavy (non-hydrogen) atoms. The van der Waals surface area contributed by atoms with E-state index in [2.05, 4.69) is 0 Å². The van der Waals surface area contributed by atoms with Crippen molar-refractivity contribution in [1.82, 2.24) is 0 Å². The fraction of sp³-hybridized carbons (Fsp3) is 0.409. The SMILES string of the molecule is C[C@@H]1O[C@H]2[C@@H]([C@H]1CC(=O)c1ccccc1)[C@](O)(c1ccccc1)O[C@@H]2C. The normalized spacial score (nSPS) is 36.0. The number of Topliss-reactive ketones (excluding diaryl/α,β-unsaturated/α-hetero) is 1. The molecule has 2 aromatic rings. The number of rotatable bonds is 4. The van der Waals surface area contributed by atoms with Crippen LogP contribution in [0.15, 0.2) is 60.7 Å². The van der Waals surface area contributed by atoms with E-state index in [-0.39, 0.29) is 35.9 Å². The molecule has 2 heterocycles. The van der Waals surface area contributed by atoms with E-state index in [0.717, 1.165) is 0 Å². The topological polar surface area (TPSA) is 55.8 Å². The molecule has 6 atom stereocenters. The Morgan fingerprint density at radius 3 is 2.27 bits per heavy atom. The van der Waals surface area contributed by atoms with E-state index in [9.17, 15) is 9.90 Å². The van der Waals surface area contributed by atoms with Crippen LogP contribution in [0.5, 0.6) is 0 Å². The predicted molar refractivity (Wildman–Crippen MR) is 97.6 cm³/mol. The van der Waals surface area contributed by atoms with Gasteiger partial charge in [0.15, 0.2) is 11.6 Å². The summed E-state index contributed by atoms with van der Waals surface area (Å²) in [4.78, 5) is 12.8. The van der Waals surface area contributed by atoms with Gasteiger partial charge in [0, 0.05) is 23.5 Å². The van der Waals surface area contributed by atoms with Crippen LogP contribution in [0.25, 0.3) is 0 Å². The molecule has 0 amide bonds. The van der Waals surface area contributed by atoms with Crippen molar-refractivity contribution in [3.8, 4) is 0 Å². The second-order valence-corrected chi connectivity index (χ2v) is 7.37. The fourth-order valence-corrected chi connectivity index (χ4v) is 4.50. The molecular formula is C22H24O4. The van der Waals surface area contributed by atoms with Crippen LogP contribution in [-0.2, 0) is 15.3 Å². The highest BCUT2D eigenvalue weighted by atomic mass is 16.7. The number of aliphatic hydroxyl groups is 1. The highest BCUT2D eigenvalue weighted by Crippen LogP contribution is 2.53. The van der Waals surface area contributed by atoms with Crippen molar-refractivity contribution in [2.75, 3.05) is 0 Å². The van der Waals surface area contributed by atoms with Crippen molar-refractivity contribution in [3.05, 3.63) is 71.8 Å². The number of benzene rings is 2. The number of fused-ring (bicyclic) bond motifs is 1. The van der Waals surface area contributed by atoms with E-state index in [1.807, 2.05) is 74.5 Å². The average Bonchev–Trinajstić information content (AvgIpc) is 3.12. The molecule has 2 aliphatic rings. The van der Waals surface area contributed by atoms with Crippen LogP contribution in [0, 0.1) is 11.8 Å². The molecule has 136 valence electrons. The van der Waals surface area contributed by atoms with Crippen LogP contribution in [0.3, 0.4) is 0 Å². The van der Waals surface area contributed by atoms with E-state index in [1.165, 1.54) is 0 Å². The lowest BCUT2D eigenvalue weighted by atomic mass is 9.76. The molecule has 2 aliphatic heterocycles. The fourth-order valence-electron chi connectivity index (χ4n) is 4.50. The molecule has 0 aliphatic carbocycles. The highest BCUT2D eigenvalue weighted by molar-refractivity contribution is 5.96. The molecule has 0 saturated carbocycles. The summed E-state index contributed by atoms with van der Waals surface area (Å²) in [5, 5.41) is 11.5. The predicted octanol–water partition coefficient (Wildman–Crippen LogP) is 3.54. The maximum absolute atomic E-state index is 12.8. The first kappa shape index (κ1) is 17.4. The van der Waals surface area contributed by atoms with Crippen LogP contribution in [0.2, 0.25) is 0 Å². The molecule has 1 N–H and O–H groups in total. The number of ether oxygens (including phenoxy) is 2. The third-order valence-electron chi connectivity index (χ3n) is 5.77. The van der Waals surface area contributed by atoms with Gasteiger partial charge in [-0.1, -0.05) is 60.7 Å². The van der Waals surface area contributed by atoms with Crippen molar-refractivity contribution in [1.29, 1.82) is 0 Å². The van der Waals surface area contributed by atoms with E-state index in [0.29, 0.717) is 17.5 Å². The van der Waals surface area contributed by atoms with Gasteiger partial charge >= 0.3 is 0 Å². The Morgan fingerprint density at radius 1 is 1.00 bits per heavy atom. The summed E-state index contributed by atoms with van der Waals surface area (Å²) in [6.07, 6.45) is -0.232. The van der Waals surface area contributed by atoms with Crippen LogP contribution in [0.1, 0.15) is 36.2 Å². The average molecular weight is 352 g/mol. The standard InChI is InChI=1S/C22H24O4/c1-14-18(13-19(23)16-9-5-3-6-10-16)20-21(25-14)15(2)26-22(20,24)17-11-7-4-8-12-17/h3-12,14-15,18,20-21,24H,13H2,1-2H3/t14-,15+,18-,20+,21+,22-/m0/s1. The molecule has 0 unspecified atom stereocenters. The van der Waals surface area contributed by atoms with Gasteiger partial charge in [0.1, 0.15) is 0 Å². The van der Waals surface area contributed by atoms with Crippen molar-refractivity contribution >= 4 is 5.78 Å². The van der Waals surface area contributed by atoms with E-state index >= 15 is 0 Å². The molecule has 4 rings (SSSR count). The summed E-state index contributed by atoms with van der Waals surface area (Å²) >= 11 is 0. The molecule has 4 heteroatoms. The van der Waals surface area contributed by atoms with Crippen molar-refractivity contribution in [3.63, 3.8) is 0 Å². The number of hydrogen-bond donors (Lipinski definition) is 1. The molecule has 0 radical (unpaired) electrons. The monoisotopic (exact) mass is 352 g/mol. The quantitative estimate of drug-likeness (QED) is 0.855. The minimum atomic E-state index is -1.43. The van der Waals surface area contributed by atoms with Crippen molar-refractivity contribution in [2.45, 2.75) is 44.4 Å². The van der Waals surface area contributed by atoms with Crippen LogP contribution < -0.4 is 0 Å². The Morgan fingerprint density at radius 2 is 1.62 bits per heavy atom. The summed E-state index contributed by atoms with van der Waals surface area (Å²) in [5.41, 5.74) is 1.41. The lowest BCUT2D eigenvalue weighted by Gasteiger charge is -2.32. The number of carbonyl (C=O) groups excluding carboxylic acids is 1. The van der Waals surface area contributed by atoms with Gasteiger partial charge in [0.05, 0.1) is 24.2 Å². The Hall–Kier alpha value is -2.01. The van der Waals surface area contributed by atoms with Gasteiger partial charge in [-0.2, -0.15) is 0 Å². The second kappa shape index (κ2) is 6.62. The third-order valence-corrected chi connectivity index (χ3v) is 5.77. The first-order valence-electron chi connectivity index (χ1n) is 9.20. The molecule has 2 fully saturated rings. The van der Waals surface area contributed by atoms with Crippen molar-refractivity contribution in [2.24, 2.45) is 11.8 Å². The minimum Gasteiger partial charge on any atom is -0.372 e. The second-order valence-electron chi connectivity index (χ2n) is 7.37. The molecular weight excluding hydrogens is 328 g/mol. The number of ketones is 1. The summed E-state index contributed by atoms with van der Waals surface area (Å²) in [7, 11) is 0. The Kier molecular flexibility index (Phi) is 4.43. The van der Waals surface area contributed by atoms with Gasteiger partial charge in [-0.3, -0.25) is 4.79 Å². The Balaban J connectivity index is 1.66. The largest absolute Gasteiger partial charge is 0.372 e. The third kappa shape index (κ3) is 2.78. The number of hydrogen-bond acceptors (Lipinski definition) is 4. The van der Waals surface area contributed by atoms with Gasteiger partial charge in [-0.05, 0) is 13.8 Å². The van der Waals surface area contributed by atoms with Crippen LogP contribution in [-0.4, -0.2) is 29.2 Å². The van der Waals surface area contributed by atoms with Crippen LogP contribution in [0.4, 0.5) is 0 Å². The van der Waals surface area contributed by atoms with Crippen LogP contribution >= 0.6 is 0 Å². The summed E-state index contributed by atoms with van der Waals surface area (Å²) < 4.78 is 12.1. The summed E-state index contributed by atoms with van der Waals surface area (Å²) in [6, 6.07) is 18.7. The van der Waals surface area contributed by atoms with Gasteiger partial charge in [0.2, 0.25) is 0 Å². The minimum absolute atomic E-state index is 0.0710. The summed E-state index contributed by atoms with van der Waals surface area (Å²) in [5.74, 6) is -1.75. The molecule has 0 aromatic heterocycles. The molecule has 4 nitrogen and oxygen atoms in total. The molecule has 2 aromatic carbocycles. The van der Waals surface area contributed by atoms with Gasteiger partial charge in [-0.25, -0.2) is 0 Å². The Bertz CT molecular complexity index is 775. The number of carbonyl (C=O) groups is 1. The van der Waals surface area contributed by atoms with Gasteiger partial charge in [0.25, 0.3) is 0 Å². The maximum atomic E-state index is 12.8. The first-order valence-corrected chi connectivity index (χ1v) is 9.20. The van der Waals surface area contributed by atoms with Gasteiger partial charge < -0.3 is 14.6 Å². The Labute approximate surface area is 153 Å². The highest BCUT2D eigenvalue weighted by Gasteiger charge is 2.62. The van der Waals surface area contributed by atoms with E-state index in [1.54, 1.807) is 0 Å².